The third kappa shape index (κ3) is 15.6. The number of pyridine rings is 2. The van der Waals surface area contributed by atoms with Crippen LogP contribution in [0, 0.1) is 11.3 Å². The summed E-state index contributed by atoms with van der Waals surface area (Å²) in [7, 11) is 0. The zero-order chi connectivity index (χ0) is 97.6. The molecule has 0 saturated carbocycles. The molecule has 20 aromatic rings. The molecule has 1 unspecified atom stereocenters. The number of aromatic nitrogens is 11. The minimum Gasteiger partial charge on any atom is -0.256 e. The van der Waals surface area contributed by atoms with E-state index < -0.39 is 5.41 Å². The van der Waals surface area contributed by atoms with Gasteiger partial charge in [0.25, 0.3) is 0 Å². The monoisotopic (exact) mass is 1850 g/mol. The zero-order valence-corrected chi connectivity index (χ0v) is 82.8. The van der Waals surface area contributed by atoms with Gasteiger partial charge >= 0.3 is 0 Å². The Labute approximate surface area is 836 Å². The Morgan fingerprint density at radius 2 is 0.510 bits per heavy atom. The van der Waals surface area contributed by atoms with E-state index in [1.54, 1.807) is 0 Å². The standard InChI is InChI=1S/C131H108N12/c1-125(2)66-69-128(7,8)110-76-92(56-63-106(110)125)121-137-116(86-50-44-82(45-51-86)81-26-15-13-16-27-81)135-117(138-121)87-52-46-83(47-53-87)99-61-59-97(101-36-24-72-133-114(99)101)89-28-21-30-91(74-89)120-136-118(139-122(141-120)93-57-64-107-111(77-93)129(9,10)70-67-126(107,3)4)88-54-48-84(49-55-88)100-62-60-98(102-37-25-73-134-115(100)102)90-29-22-33-96(75-90)131(95-31-17-14-18-32-95)105-38-20-19-34-103(105)113-104(35-23-39-109(113)131)124-142-119(85-42-40-80(79-132)41-43-85)140-123(143-124)94-58-65-108-112(78-94)130(11,12)71-68-127(108,5)6/h13-65,72-78H,66-71H2,1-12H3. The predicted octanol–water partition coefficient (Wildman–Crippen LogP) is 32.0. The van der Waals surface area contributed by atoms with Crippen LogP contribution in [0.15, 0.2) is 364 Å². The molecule has 0 aliphatic heterocycles. The Hall–Kier alpha value is -16.4. The van der Waals surface area contributed by atoms with Gasteiger partial charge < -0.3 is 0 Å². The van der Waals surface area contributed by atoms with E-state index in [9.17, 15) is 5.26 Å². The van der Waals surface area contributed by atoms with Gasteiger partial charge in [-0.2, -0.15) is 5.26 Å². The van der Waals surface area contributed by atoms with Gasteiger partial charge in [-0.1, -0.05) is 368 Å². The van der Waals surface area contributed by atoms with Gasteiger partial charge in [-0.15, -0.1) is 0 Å². The fourth-order valence-electron chi connectivity index (χ4n) is 23.3. The summed E-state index contributed by atoms with van der Waals surface area (Å²) in [6.07, 6.45) is 10.4. The van der Waals surface area contributed by atoms with Crippen molar-refractivity contribution >= 4 is 21.8 Å². The van der Waals surface area contributed by atoms with E-state index in [4.69, 9.17) is 54.8 Å². The molecule has 15 aromatic carbocycles. The summed E-state index contributed by atoms with van der Waals surface area (Å²) in [5, 5.41) is 12.0. The highest BCUT2D eigenvalue weighted by Crippen LogP contribution is 2.60. The molecule has 143 heavy (non-hydrogen) atoms. The third-order valence-electron chi connectivity index (χ3n) is 31.8. The van der Waals surface area contributed by atoms with Crippen molar-refractivity contribution in [1.82, 2.24) is 54.8 Å². The van der Waals surface area contributed by atoms with Crippen molar-refractivity contribution in [2.75, 3.05) is 0 Å². The number of hydrogen-bond acceptors (Lipinski definition) is 12. The number of nitrogens with zero attached hydrogens (tertiary/aromatic N) is 12. The van der Waals surface area contributed by atoms with E-state index in [0.29, 0.717) is 58.0 Å². The highest BCUT2D eigenvalue weighted by Gasteiger charge is 2.48. The fraction of sp³-hybridized carbons (Fsp3) is 0.191. The van der Waals surface area contributed by atoms with Crippen molar-refractivity contribution in [3.8, 4) is 175 Å². The number of rotatable bonds is 16. The first-order valence-corrected chi connectivity index (χ1v) is 50.1. The van der Waals surface area contributed by atoms with Crippen LogP contribution in [0.1, 0.15) is 183 Å². The van der Waals surface area contributed by atoms with Crippen molar-refractivity contribution in [3.63, 3.8) is 0 Å². The molecule has 0 saturated heterocycles. The summed E-state index contributed by atoms with van der Waals surface area (Å²) >= 11 is 0. The van der Waals surface area contributed by atoms with Gasteiger partial charge in [-0.3, -0.25) is 9.97 Å². The van der Waals surface area contributed by atoms with Crippen LogP contribution in [0.25, 0.3) is 191 Å². The second kappa shape index (κ2) is 34.3. The molecule has 0 bridgehead atoms. The van der Waals surface area contributed by atoms with Gasteiger partial charge in [0.2, 0.25) is 0 Å². The lowest BCUT2D eigenvalue weighted by molar-refractivity contribution is 0.332. The predicted molar refractivity (Wildman–Crippen MR) is 581 cm³/mol. The lowest BCUT2D eigenvalue weighted by Crippen LogP contribution is -2.33. The van der Waals surface area contributed by atoms with E-state index in [0.717, 1.165) is 199 Å². The van der Waals surface area contributed by atoms with E-state index in [1.165, 1.54) is 33.4 Å². The lowest BCUT2D eigenvalue weighted by atomic mass is 9.63. The van der Waals surface area contributed by atoms with Gasteiger partial charge in [0, 0.05) is 84.4 Å². The molecule has 0 fully saturated rings. The molecule has 0 radical (unpaired) electrons. The van der Waals surface area contributed by atoms with Crippen molar-refractivity contribution in [2.24, 2.45) is 0 Å². The average molecular weight is 1850 g/mol. The Morgan fingerprint density at radius 1 is 0.203 bits per heavy atom. The van der Waals surface area contributed by atoms with Crippen LogP contribution >= 0.6 is 0 Å². The average Bonchev–Trinajstić information content (AvgIpc) is 1.53. The number of fused-ring (bicyclic) bond motifs is 8. The largest absolute Gasteiger partial charge is 0.256 e. The van der Waals surface area contributed by atoms with Crippen molar-refractivity contribution in [3.05, 3.63) is 425 Å². The van der Waals surface area contributed by atoms with Crippen molar-refractivity contribution in [1.29, 1.82) is 5.26 Å². The lowest BCUT2D eigenvalue weighted by Gasteiger charge is -2.42. The second-order valence-corrected chi connectivity index (χ2v) is 43.5. The molecular weight excluding hydrogens is 1740 g/mol. The SMILES string of the molecule is CC1(C)CCC(C)(C)c2cc(-c3nc(-c4ccc(-c5ccccc5)cc4)nc(-c4ccc(-c5ccc(-c6cccc(-c7nc(-c8ccc(-c9ccc(-c%10cccc(C%11(c%12ccccc%12)c%12ccccc%12-c%12c(-c%13nc(-c%14ccc(C#N)cc%14)nc(-c%14ccc%15c(c%14)C(C)(C)CCC%15(C)C)n%13)cccc%12%11)c%10)c%10cccnc9%10)cc8)nc(-c8ccc9c(c8)C(C)(C)CCC9(C)C)n7)c6)c6cccnc56)cc4)n3)ccc21. The third-order valence-corrected chi connectivity index (χ3v) is 31.8. The molecule has 24 rings (SSSR count). The van der Waals surface area contributed by atoms with E-state index in [2.05, 4.69) is 399 Å². The van der Waals surface area contributed by atoms with Crippen LogP contribution in [0.4, 0.5) is 0 Å². The van der Waals surface area contributed by atoms with Gasteiger partial charge in [0.1, 0.15) is 0 Å². The first-order valence-electron chi connectivity index (χ1n) is 50.1. The molecule has 692 valence electrons. The molecule has 0 N–H and O–H groups in total. The molecule has 4 aliphatic carbocycles. The maximum absolute atomic E-state index is 9.95. The highest BCUT2D eigenvalue weighted by atomic mass is 15.1. The maximum atomic E-state index is 9.95. The maximum Gasteiger partial charge on any atom is 0.164 e. The first kappa shape index (κ1) is 89.3. The molecule has 12 heteroatoms. The van der Waals surface area contributed by atoms with E-state index >= 15 is 0 Å². The summed E-state index contributed by atoms with van der Waals surface area (Å²) in [5.41, 5.74) is 34.9. The van der Waals surface area contributed by atoms with Gasteiger partial charge in [-0.25, -0.2) is 44.9 Å². The second-order valence-electron chi connectivity index (χ2n) is 43.5. The smallest absolute Gasteiger partial charge is 0.164 e. The number of nitriles is 1. The Bertz CT molecular complexity index is 8560. The van der Waals surface area contributed by atoms with Gasteiger partial charge in [0.15, 0.2) is 52.4 Å². The Balaban J connectivity index is 0.567. The number of hydrogen-bond donors (Lipinski definition) is 0. The van der Waals surface area contributed by atoms with Crippen LogP contribution in [0.3, 0.4) is 0 Å². The molecule has 0 amide bonds. The Kier molecular flexibility index (Phi) is 21.4. The minimum absolute atomic E-state index is 0.00232. The molecule has 0 spiro atoms. The topological polar surface area (TPSA) is 166 Å². The van der Waals surface area contributed by atoms with Crippen LogP contribution in [-0.2, 0) is 37.9 Å². The molecule has 5 heterocycles. The van der Waals surface area contributed by atoms with Gasteiger partial charge in [-0.05, 0) is 249 Å². The van der Waals surface area contributed by atoms with Gasteiger partial charge in [0.05, 0.1) is 28.1 Å². The van der Waals surface area contributed by atoms with Crippen LogP contribution in [0.2, 0.25) is 0 Å². The molecular formula is C131H108N12. The fourth-order valence-corrected chi connectivity index (χ4v) is 23.3. The summed E-state index contributed by atoms with van der Waals surface area (Å²) < 4.78 is 0. The van der Waals surface area contributed by atoms with E-state index in [1.807, 2.05) is 54.9 Å². The first-order chi connectivity index (χ1) is 69.2. The van der Waals surface area contributed by atoms with E-state index in [-0.39, 0.29) is 32.5 Å². The molecule has 5 aromatic heterocycles. The zero-order valence-electron chi connectivity index (χ0n) is 82.8. The Morgan fingerprint density at radius 3 is 0.958 bits per heavy atom. The summed E-state index contributed by atoms with van der Waals surface area (Å²) in [5.74, 6) is 5.29. The van der Waals surface area contributed by atoms with Crippen LogP contribution < -0.4 is 0 Å². The summed E-state index contributed by atoms with van der Waals surface area (Å²) in [4.78, 5) is 59.0. The summed E-state index contributed by atoms with van der Waals surface area (Å²) in [6, 6.07) is 128. The van der Waals surface area contributed by atoms with Crippen LogP contribution in [0.5, 0.6) is 0 Å². The highest BCUT2D eigenvalue weighted by molar-refractivity contribution is 6.05. The van der Waals surface area contributed by atoms with Crippen molar-refractivity contribution in [2.45, 2.75) is 160 Å². The number of benzene rings is 15. The normalized spacial score (nSPS) is 16.3. The molecule has 4 aliphatic rings. The summed E-state index contributed by atoms with van der Waals surface area (Å²) in [6.45, 7) is 28.4. The minimum atomic E-state index is -0.799. The van der Waals surface area contributed by atoms with Crippen LogP contribution in [-0.4, -0.2) is 54.8 Å². The van der Waals surface area contributed by atoms with Crippen molar-refractivity contribution < 1.29 is 0 Å². The molecule has 12 nitrogen and oxygen atoms in total. The molecule has 1 atom stereocenters. The quantitative estimate of drug-likeness (QED) is 0.0900.